The first kappa shape index (κ1) is 12.1. The number of nitrogens with one attached hydrogen (secondary N) is 1. The molecular weight excluding hydrogens is 253 g/mol. The van der Waals surface area contributed by atoms with Gasteiger partial charge in [0, 0.05) is 23.7 Å². The molecule has 1 aromatic carbocycles. The van der Waals surface area contributed by atoms with Crippen LogP contribution in [-0.4, -0.2) is 21.6 Å². The van der Waals surface area contributed by atoms with Crippen LogP contribution in [0.25, 0.3) is 11.3 Å². The van der Waals surface area contributed by atoms with Gasteiger partial charge >= 0.3 is 0 Å². The Morgan fingerprint density at radius 2 is 2.00 bits per heavy atom. The number of hydrogen-bond acceptors (Lipinski definition) is 2. The SMILES string of the molecule is Fc1cccc(-c2cncn2C2CC3CCC(C2)N3)c1. The third kappa shape index (κ3) is 2.04. The number of rotatable bonds is 2. The van der Waals surface area contributed by atoms with Crippen LogP contribution in [0.3, 0.4) is 0 Å². The van der Waals surface area contributed by atoms with E-state index in [4.69, 9.17) is 0 Å². The van der Waals surface area contributed by atoms with E-state index in [2.05, 4.69) is 14.9 Å². The predicted octanol–water partition coefficient (Wildman–Crippen LogP) is 3.14. The van der Waals surface area contributed by atoms with Gasteiger partial charge in [0.1, 0.15) is 5.82 Å². The zero-order chi connectivity index (χ0) is 13.5. The zero-order valence-electron chi connectivity index (χ0n) is 11.3. The Morgan fingerprint density at radius 1 is 1.20 bits per heavy atom. The van der Waals surface area contributed by atoms with Crippen molar-refractivity contribution in [2.24, 2.45) is 0 Å². The number of halogens is 1. The van der Waals surface area contributed by atoms with Crippen molar-refractivity contribution in [1.29, 1.82) is 0 Å². The monoisotopic (exact) mass is 271 g/mol. The Morgan fingerprint density at radius 3 is 2.75 bits per heavy atom. The molecule has 2 aliphatic heterocycles. The minimum absolute atomic E-state index is 0.194. The van der Waals surface area contributed by atoms with E-state index < -0.39 is 0 Å². The molecule has 1 N–H and O–H groups in total. The van der Waals surface area contributed by atoms with E-state index in [0.29, 0.717) is 18.1 Å². The summed E-state index contributed by atoms with van der Waals surface area (Å²) in [7, 11) is 0. The lowest BCUT2D eigenvalue weighted by Crippen LogP contribution is -2.38. The van der Waals surface area contributed by atoms with Gasteiger partial charge in [0.15, 0.2) is 0 Å². The van der Waals surface area contributed by atoms with E-state index in [1.54, 1.807) is 12.1 Å². The zero-order valence-corrected chi connectivity index (χ0v) is 11.3. The molecule has 3 nitrogen and oxygen atoms in total. The molecule has 2 aromatic rings. The van der Waals surface area contributed by atoms with Crippen LogP contribution in [0.1, 0.15) is 31.7 Å². The van der Waals surface area contributed by atoms with Crippen LogP contribution < -0.4 is 5.32 Å². The summed E-state index contributed by atoms with van der Waals surface area (Å²) in [6, 6.07) is 8.54. The average Bonchev–Trinajstić information content (AvgIpc) is 3.05. The fourth-order valence-electron chi connectivity index (χ4n) is 3.72. The van der Waals surface area contributed by atoms with Gasteiger partial charge in [-0.3, -0.25) is 0 Å². The summed E-state index contributed by atoms with van der Waals surface area (Å²) in [5, 5.41) is 3.66. The third-order valence-corrected chi connectivity index (χ3v) is 4.63. The number of imidazole rings is 1. The van der Waals surface area contributed by atoms with Crippen molar-refractivity contribution in [3.8, 4) is 11.3 Å². The maximum absolute atomic E-state index is 13.4. The minimum Gasteiger partial charge on any atom is -0.327 e. The fourth-order valence-corrected chi connectivity index (χ4v) is 3.72. The average molecular weight is 271 g/mol. The molecule has 3 heterocycles. The third-order valence-electron chi connectivity index (χ3n) is 4.63. The Kier molecular flexibility index (Phi) is 2.84. The van der Waals surface area contributed by atoms with Crippen molar-refractivity contribution < 1.29 is 4.39 Å². The summed E-state index contributed by atoms with van der Waals surface area (Å²) < 4.78 is 15.7. The highest BCUT2D eigenvalue weighted by Crippen LogP contribution is 2.36. The van der Waals surface area contributed by atoms with Gasteiger partial charge in [0.25, 0.3) is 0 Å². The van der Waals surface area contributed by atoms with Crippen molar-refractivity contribution in [1.82, 2.24) is 14.9 Å². The summed E-state index contributed by atoms with van der Waals surface area (Å²) in [5.41, 5.74) is 1.93. The first-order chi connectivity index (χ1) is 9.79. The molecule has 20 heavy (non-hydrogen) atoms. The van der Waals surface area contributed by atoms with E-state index in [0.717, 1.165) is 24.1 Å². The van der Waals surface area contributed by atoms with Crippen LogP contribution in [0.4, 0.5) is 4.39 Å². The maximum Gasteiger partial charge on any atom is 0.123 e. The summed E-state index contributed by atoms with van der Waals surface area (Å²) in [6.45, 7) is 0. The largest absolute Gasteiger partial charge is 0.327 e. The molecule has 4 rings (SSSR count). The Hall–Kier alpha value is -1.68. The van der Waals surface area contributed by atoms with E-state index in [1.807, 2.05) is 18.6 Å². The standard InChI is InChI=1S/C16H18FN3/c17-12-3-1-2-11(6-12)16-9-18-10-20(16)15-7-13-4-5-14(8-15)19-13/h1-3,6,9-10,13-15,19H,4-5,7-8H2. The number of piperidine rings is 1. The number of fused-ring (bicyclic) bond motifs is 2. The van der Waals surface area contributed by atoms with Crippen LogP contribution in [0.2, 0.25) is 0 Å². The molecule has 2 bridgehead atoms. The molecule has 4 heteroatoms. The van der Waals surface area contributed by atoms with Gasteiger partial charge < -0.3 is 9.88 Å². The second-order valence-electron chi connectivity index (χ2n) is 5.96. The van der Waals surface area contributed by atoms with Gasteiger partial charge in [-0.1, -0.05) is 12.1 Å². The van der Waals surface area contributed by atoms with E-state index in [-0.39, 0.29) is 5.82 Å². The molecule has 0 amide bonds. The highest BCUT2D eigenvalue weighted by atomic mass is 19.1. The second-order valence-corrected chi connectivity index (χ2v) is 5.96. The molecule has 2 unspecified atom stereocenters. The van der Waals surface area contributed by atoms with Crippen molar-refractivity contribution in [2.45, 2.75) is 43.8 Å². The molecule has 2 saturated heterocycles. The molecule has 0 spiro atoms. The van der Waals surface area contributed by atoms with Gasteiger partial charge in [-0.05, 0) is 37.8 Å². The lowest BCUT2D eigenvalue weighted by molar-refractivity contribution is 0.300. The van der Waals surface area contributed by atoms with Crippen LogP contribution in [0.15, 0.2) is 36.8 Å². The Labute approximate surface area is 117 Å². The van der Waals surface area contributed by atoms with Gasteiger partial charge in [-0.25, -0.2) is 9.37 Å². The van der Waals surface area contributed by atoms with Crippen LogP contribution >= 0.6 is 0 Å². The smallest absolute Gasteiger partial charge is 0.123 e. The van der Waals surface area contributed by atoms with E-state index in [1.165, 1.54) is 18.9 Å². The van der Waals surface area contributed by atoms with Gasteiger partial charge in [0.2, 0.25) is 0 Å². The predicted molar refractivity (Wildman–Crippen MR) is 75.8 cm³/mol. The number of nitrogens with zero attached hydrogens (tertiary/aromatic N) is 2. The molecule has 2 fully saturated rings. The molecule has 104 valence electrons. The van der Waals surface area contributed by atoms with Gasteiger partial charge in [-0.15, -0.1) is 0 Å². The molecule has 2 atom stereocenters. The van der Waals surface area contributed by atoms with Crippen LogP contribution in [0.5, 0.6) is 0 Å². The Balaban J connectivity index is 1.68. The molecule has 1 aromatic heterocycles. The number of hydrogen-bond donors (Lipinski definition) is 1. The Bertz CT molecular complexity index is 610. The molecule has 2 aliphatic rings. The van der Waals surface area contributed by atoms with Gasteiger partial charge in [0.05, 0.1) is 18.2 Å². The first-order valence-electron chi connectivity index (χ1n) is 7.33. The van der Waals surface area contributed by atoms with Crippen molar-refractivity contribution in [3.63, 3.8) is 0 Å². The summed E-state index contributed by atoms with van der Waals surface area (Å²) in [5.74, 6) is -0.194. The number of aromatic nitrogens is 2. The highest BCUT2D eigenvalue weighted by Gasteiger charge is 2.34. The highest BCUT2D eigenvalue weighted by molar-refractivity contribution is 5.59. The number of benzene rings is 1. The van der Waals surface area contributed by atoms with E-state index >= 15 is 0 Å². The second kappa shape index (κ2) is 4.70. The minimum atomic E-state index is -0.194. The normalized spacial score (nSPS) is 28.8. The van der Waals surface area contributed by atoms with Crippen LogP contribution in [0, 0.1) is 5.82 Å². The maximum atomic E-state index is 13.4. The summed E-state index contributed by atoms with van der Waals surface area (Å²) in [6.07, 6.45) is 8.61. The summed E-state index contributed by atoms with van der Waals surface area (Å²) >= 11 is 0. The molecular formula is C16H18FN3. The van der Waals surface area contributed by atoms with E-state index in [9.17, 15) is 4.39 Å². The topological polar surface area (TPSA) is 29.9 Å². The first-order valence-corrected chi connectivity index (χ1v) is 7.33. The lowest BCUT2D eigenvalue weighted by atomic mass is 9.99. The summed E-state index contributed by atoms with van der Waals surface area (Å²) in [4.78, 5) is 4.29. The molecule has 0 aliphatic carbocycles. The van der Waals surface area contributed by atoms with Crippen molar-refractivity contribution >= 4 is 0 Å². The van der Waals surface area contributed by atoms with Crippen molar-refractivity contribution in [2.75, 3.05) is 0 Å². The lowest BCUT2D eigenvalue weighted by Gasteiger charge is -2.31. The van der Waals surface area contributed by atoms with Crippen molar-refractivity contribution in [3.05, 3.63) is 42.6 Å². The fraction of sp³-hybridized carbons (Fsp3) is 0.438. The molecule has 0 radical (unpaired) electrons. The molecule has 0 saturated carbocycles. The quantitative estimate of drug-likeness (QED) is 0.909. The van der Waals surface area contributed by atoms with Crippen LogP contribution in [-0.2, 0) is 0 Å². The van der Waals surface area contributed by atoms with Gasteiger partial charge in [-0.2, -0.15) is 0 Å².